The summed E-state index contributed by atoms with van der Waals surface area (Å²) in [6, 6.07) is 10.6. The number of anilines is 1. The van der Waals surface area contributed by atoms with Gasteiger partial charge in [-0.2, -0.15) is 0 Å². The Kier molecular flexibility index (Phi) is 5.00. The molecule has 21 heavy (non-hydrogen) atoms. The van der Waals surface area contributed by atoms with Crippen LogP contribution in [0.1, 0.15) is 11.7 Å². The van der Waals surface area contributed by atoms with Crippen LogP contribution >= 0.6 is 11.3 Å². The second kappa shape index (κ2) is 6.57. The summed E-state index contributed by atoms with van der Waals surface area (Å²) in [5.41, 5.74) is 1.69. The summed E-state index contributed by atoms with van der Waals surface area (Å²) in [4.78, 5) is 1.95. The molecule has 0 saturated heterocycles. The fourth-order valence-corrected chi connectivity index (χ4v) is 3.86. The van der Waals surface area contributed by atoms with Gasteiger partial charge in [-0.3, -0.25) is 0 Å². The van der Waals surface area contributed by atoms with Gasteiger partial charge in [-0.15, -0.1) is 11.3 Å². The fourth-order valence-electron chi connectivity index (χ4n) is 1.79. The minimum atomic E-state index is -3.54. The van der Waals surface area contributed by atoms with Gasteiger partial charge in [0.25, 0.3) is 0 Å². The third-order valence-corrected chi connectivity index (χ3v) is 5.84. The molecule has 0 saturated carbocycles. The van der Waals surface area contributed by atoms with Crippen molar-refractivity contribution in [1.29, 1.82) is 0 Å². The highest BCUT2D eigenvalue weighted by molar-refractivity contribution is 7.91. The zero-order valence-electron chi connectivity index (χ0n) is 11.9. The van der Waals surface area contributed by atoms with Gasteiger partial charge < -0.3 is 10.0 Å². The Morgan fingerprint density at radius 3 is 2.43 bits per heavy atom. The highest BCUT2D eigenvalue weighted by Crippen LogP contribution is 2.19. The van der Waals surface area contributed by atoms with Crippen molar-refractivity contribution >= 4 is 27.0 Å². The molecule has 2 aromatic rings. The van der Waals surface area contributed by atoms with Crippen LogP contribution in [0.5, 0.6) is 0 Å². The molecule has 0 unspecified atom stereocenters. The van der Waals surface area contributed by atoms with E-state index in [0.29, 0.717) is 5.56 Å². The summed E-state index contributed by atoms with van der Waals surface area (Å²) in [7, 11) is 0.321. The summed E-state index contributed by atoms with van der Waals surface area (Å²) >= 11 is 1.14. The summed E-state index contributed by atoms with van der Waals surface area (Å²) in [5, 5.41) is 11.8. The van der Waals surface area contributed by atoms with Gasteiger partial charge >= 0.3 is 0 Å². The molecule has 0 fully saturated rings. The van der Waals surface area contributed by atoms with Crippen LogP contribution in [0.4, 0.5) is 5.69 Å². The lowest BCUT2D eigenvalue weighted by Crippen LogP contribution is -2.28. The molecule has 0 amide bonds. The average Bonchev–Trinajstić information content (AvgIpc) is 3.00. The summed E-state index contributed by atoms with van der Waals surface area (Å²) < 4.78 is 26.6. The SMILES string of the molecule is CN(C)c1ccc([C@H](O)CNS(=O)(=O)c2cccs2)cc1. The lowest BCUT2D eigenvalue weighted by atomic mass is 10.1. The topological polar surface area (TPSA) is 69.6 Å². The van der Waals surface area contributed by atoms with Gasteiger partial charge in [-0.1, -0.05) is 18.2 Å². The van der Waals surface area contributed by atoms with Crippen LogP contribution in [0.25, 0.3) is 0 Å². The Hall–Kier alpha value is -1.41. The molecular formula is C14H18N2O3S2. The van der Waals surface area contributed by atoms with Crippen molar-refractivity contribution in [1.82, 2.24) is 4.72 Å². The van der Waals surface area contributed by atoms with Crippen LogP contribution in [0.3, 0.4) is 0 Å². The molecule has 1 aromatic heterocycles. The van der Waals surface area contributed by atoms with E-state index in [1.165, 1.54) is 6.07 Å². The van der Waals surface area contributed by atoms with Crippen molar-refractivity contribution in [2.24, 2.45) is 0 Å². The van der Waals surface area contributed by atoms with Crippen LogP contribution in [0.2, 0.25) is 0 Å². The maximum absolute atomic E-state index is 12.0. The zero-order valence-corrected chi connectivity index (χ0v) is 13.5. The van der Waals surface area contributed by atoms with E-state index >= 15 is 0 Å². The van der Waals surface area contributed by atoms with E-state index in [1.54, 1.807) is 23.6 Å². The van der Waals surface area contributed by atoms with Gasteiger partial charge in [0.2, 0.25) is 10.0 Å². The molecule has 0 radical (unpaired) electrons. The van der Waals surface area contributed by atoms with Crippen molar-refractivity contribution in [3.63, 3.8) is 0 Å². The number of rotatable bonds is 6. The van der Waals surface area contributed by atoms with Crippen LogP contribution < -0.4 is 9.62 Å². The van der Waals surface area contributed by atoms with E-state index in [4.69, 9.17) is 0 Å². The maximum atomic E-state index is 12.0. The normalized spacial score (nSPS) is 13.1. The first-order valence-electron chi connectivity index (χ1n) is 6.38. The molecule has 2 N–H and O–H groups in total. The Bertz CT molecular complexity index is 665. The summed E-state index contributed by atoms with van der Waals surface area (Å²) in [6.45, 7) is -0.0540. The van der Waals surface area contributed by atoms with Crippen LogP contribution in [0, 0.1) is 0 Å². The van der Waals surface area contributed by atoms with Gasteiger partial charge in [0.1, 0.15) is 4.21 Å². The molecule has 5 nitrogen and oxygen atoms in total. The smallest absolute Gasteiger partial charge is 0.250 e. The lowest BCUT2D eigenvalue weighted by Gasteiger charge is -2.15. The van der Waals surface area contributed by atoms with Crippen LogP contribution in [-0.2, 0) is 10.0 Å². The number of thiophene rings is 1. The molecule has 0 aliphatic carbocycles. The first-order valence-corrected chi connectivity index (χ1v) is 8.75. The van der Waals surface area contributed by atoms with E-state index in [0.717, 1.165) is 17.0 Å². The Balaban J connectivity index is 2.00. The third kappa shape index (κ3) is 4.04. The van der Waals surface area contributed by atoms with Gasteiger partial charge in [0.15, 0.2) is 0 Å². The minimum Gasteiger partial charge on any atom is -0.387 e. The van der Waals surface area contributed by atoms with Crippen LogP contribution in [-0.4, -0.2) is 34.2 Å². The van der Waals surface area contributed by atoms with Crippen molar-refractivity contribution in [3.8, 4) is 0 Å². The number of sulfonamides is 1. The largest absolute Gasteiger partial charge is 0.387 e. The van der Waals surface area contributed by atoms with Gasteiger partial charge in [-0.05, 0) is 29.1 Å². The minimum absolute atomic E-state index is 0.0540. The molecule has 114 valence electrons. The molecule has 1 atom stereocenters. The monoisotopic (exact) mass is 326 g/mol. The number of hydrogen-bond acceptors (Lipinski definition) is 5. The zero-order chi connectivity index (χ0) is 15.5. The third-order valence-electron chi connectivity index (χ3n) is 3.02. The second-order valence-corrected chi connectivity index (χ2v) is 7.73. The number of aliphatic hydroxyl groups excluding tert-OH is 1. The van der Waals surface area contributed by atoms with E-state index in [1.807, 2.05) is 31.1 Å². The van der Waals surface area contributed by atoms with Gasteiger partial charge in [-0.25, -0.2) is 13.1 Å². The molecule has 1 heterocycles. The van der Waals surface area contributed by atoms with E-state index in [-0.39, 0.29) is 10.8 Å². The molecule has 2 rings (SSSR count). The second-order valence-electron chi connectivity index (χ2n) is 4.79. The van der Waals surface area contributed by atoms with Crippen LogP contribution in [0.15, 0.2) is 46.0 Å². The summed E-state index contributed by atoms with van der Waals surface area (Å²) in [5.74, 6) is 0. The molecule has 7 heteroatoms. The van der Waals surface area contributed by atoms with Crippen molar-refractivity contribution in [2.75, 3.05) is 25.5 Å². The van der Waals surface area contributed by atoms with Gasteiger partial charge in [0.05, 0.1) is 6.10 Å². The Labute approximate surface area is 128 Å². The number of nitrogens with zero attached hydrogens (tertiary/aromatic N) is 1. The average molecular weight is 326 g/mol. The molecule has 0 bridgehead atoms. The van der Waals surface area contributed by atoms with E-state index in [2.05, 4.69) is 4.72 Å². The quantitative estimate of drug-likeness (QED) is 0.850. The summed E-state index contributed by atoms with van der Waals surface area (Å²) in [6.07, 6.45) is -0.879. The number of nitrogens with one attached hydrogen (secondary N) is 1. The highest BCUT2D eigenvalue weighted by atomic mass is 32.2. The molecular weight excluding hydrogens is 308 g/mol. The molecule has 0 aliphatic heterocycles. The number of hydrogen-bond donors (Lipinski definition) is 2. The lowest BCUT2D eigenvalue weighted by molar-refractivity contribution is 0.182. The Morgan fingerprint density at radius 2 is 1.90 bits per heavy atom. The first kappa shape index (κ1) is 16.0. The predicted molar refractivity (Wildman–Crippen MR) is 85.2 cm³/mol. The Morgan fingerprint density at radius 1 is 1.24 bits per heavy atom. The van der Waals surface area contributed by atoms with Crippen molar-refractivity contribution < 1.29 is 13.5 Å². The van der Waals surface area contributed by atoms with E-state index < -0.39 is 16.1 Å². The molecule has 0 spiro atoms. The van der Waals surface area contributed by atoms with E-state index in [9.17, 15) is 13.5 Å². The predicted octanol–water partition coefficient (Wildman–Crippen LogP) is 1.83. The van der Waals surface area contributed by atoms with Crippen molar-refractivity contribution in [2.45, 2.75) is 10.3 Å². The highest BCUT2D eigenvalue weighted by Gasteiger charge is 2.17. The first-order chi connectivity index (χ1) is 9.90. The maximum Gasteiger partial charge on any atom is 0.250 e. The number of benzene rings is 1. The molecule has 1 aromatic carbocycles. The van der Waals surface area contributed by atoms with Crippen molar-refractivity contribution in [3.05, 3.63) is 47.3 Å². The molecule has 0 aliphatic rings. The number of aliphatic hydroxyl groups is 1. The standard InChI is InChI=1S/C14H18N2O3S2/c1-16(2)12-7-5-11(6-8-12)13(17)10-15-21(18,19)14-4-3-9-20-14/h3-9,13,15,17H,10H2,1-2H3/t13-/m1/s1. The fraction of sp³-hybridized carbons (Fsp3) is 0.286. The van der Waals surface area contributed by atoms with Gasteiger partial charge in [0, 0.05) is 26.3 Å².